The molecule has 168 valence electrons. The third kappa shape index (κ3) is 5.89. The number of carbonyl (C=O) groups excluding carboxylic acids is 1. The highest BCUT2D eigenvalue weighted by molar-refractivity contribution is 6.30. The number of hydrogen-bond donors (Lipinski definition) is 0. The van der Waals surface area contributed by atoms with E-state index in [9.17, 15) is 4.79 Å². The van der Waals surface area contributed by atoms with Gasteiger partial charge in [0.15, 0.2) is 5.60 Å². The standard InChI is InChI=1S/C24H32ClN3O3/c1-6-30-23(29)24(4,5)31-22-17(2)13-19(14-18(22)3)16-27-9-11-28(12-10-27)21-8-7-20(25)15-26-21/h7-8,13-15H,6,9-12,16H2,1-5H3. The van der Waals surface area contributed by atoms with E-state index in [0.29, 0.717) is 11.6 Å². The van der Waals surface area contributed by atoms with Crippen molar-refractivity contribution < 1.29 is 14.3 Å². The molecule has 2 aromatic rings. The van der Waals surface area contributed by atoms with Crippen LogP contribution in [-0.4, -0.2) is 54.2 Å². The van der Waals surface area contributed by atoms with Crippen LogP contribution in [0.4, 0.5) is 5.82 Å². The Morgan fingerprint density at radius 1 is 1.13 bits per heavy atom. The van der Waals surface area contributed by atoms with Crippen LogP contribution in [0.2, 0.25) is 5.02 Å². The van der Waals surface area contributed by atoms with Gasteiger partial charge < -0.3 is 14.4 Å². The summed E-state index contributed by atoms with van der Waals surface area (Å²) in [6.45, 7) is 14.4. The Morgan fingerprint density at radius 3 is 2.32 bits per heavy atom. The summed E-state index contributed by atoms with van der Waals surface area (Å²) in [7, 11) is 0. The fourth-order valence-corrected chi connectivity index (χ4v) is 3.95. The maximum atomic E-state index is 12.2. The molecule has 1 saturated heterocycles. The lowest BCUT2D eigenvalue weighted by Gasteiger charge is -2.35. The van der Waals surface area contributed by atoms with Crippen molar-refractivity contribution in [1.29, 1.82) is 0 Å². The highest BCUT2D eigenvalue weighted by atomic mass is 35.5. The third-order valence-electron chi connectivity index (χ3n) is 5.46. The number of anilines is 1. The molecule has 7 heteroatoms. The Hall–Kier alpha value is -2.31. The number of aryl methyl sites for hydroxylation is 2. The molecule has 1 aromatic heterocycles. The van der Waals surface area contributed by atoms with E-state index in [-0.39, 0.29) is 5.97 Å². The fourth-order valence-electron chi connectivity index (χ4n) is 3.84. The van der Waals surface area contributed by atoms with Gasteiger partial charge in [-0.1, -0.05) is 23.7 Å². The van der Waals surface area contributed by atoms with Gasteiger partial charge in [0.2, 0.25) is 0 Å². The minimum absolute atomic E-state index is 0.337. The van der Waals surface area contributed by atoms with E-state index in [1.54, 1.807) is 27.0 Å². The van der Waals surface area contributed by atoms with Gasteiger partial charge in [0, 0.05) is 38.9 Å². The molecule has 1 aliphatic heterocycles. The van der Waals surface area contributed by atoms with Gasteiger partial charge in [0.1, 0.15) is 11.6 Å². The van der Waals surface area contributed by atoms with E-state index in [4.69, 9.17) is 21.1 Å². The Morgan fingerprint density at radius 2 is 1.77 bits per heavy atom. The van der Waals surface area contributed by atoms with Crippen molar-refractivity contribution in [2.45, 2.75) is 46.8 Å². The topological polar surface area (TPSA) is 54.9 Å². The van der Waals surface area contributed by atoms with Crippen molar-refractivity contribution in [3.05, 3.63) is 52.2 Å². The molecule has 0 amide bonds. The molecule has 0 atom stereocenters. The first-order valence-electron chi connectivity index (χ1n) is 10.7. The van der Waals surface area contributed by atoms with Crippen LogP contribution in [0.1, 0.15) is 37.5 Å². The molecule has 0 bridgehead atoms. The fraction of sp³-hybridized carbons (Fsp3) is 0.500. The first-order valence-corrected chi connectivity index (χ1v) is 11.1. The molecule has 0 N–H and O–H groups in total. The number of piperazine rings is 1. The van der Waals surface area contributed by atoms with Crippen LogP contribution in [0.3, 0.4) is 0 Å². The second-order valence-corrected chi connectivity index (χ2v) is 8.93. The molecular formula is C24H32ClN3O3. The average molecular weight is 446 g/mol. The largest absolute Gasteiger partial charge is 0.476 e. The molecule has 0 saturated carbocycles. The smallest absolute Gasteiger partial charge is 0.349 e. The summed E-state index contributed by atoms with van der Waals surface area (Å²) in [6.07, 6.45) is 1.70. The molecule has 1 aromatic carbocycles. The van der Waals surface area contributed by atoms with E-state index in [2.05, 4.69) is 26.9 Å². The highest BCUT2D eigenvalue weighted by Crippen LogP contribution is 2.30. The lowest BCUT2D eigenvalue weighted by Crippen LogP contribution is -2.46. The summed E-state index contributed by atoms with van der Waals surface area (Å²) in [5.41, 5.74) is 2.26. The van der Waals surface area contributed by atoms with Gasteiger partial charge in [-0.05, 0) is 63.4 Å². The van der Waals surface area contributed by atoms with Gasteiger partial charge in [-0.2, -0.15) is 0 Å². The molecule has 31 heavy (non-hydrogen) atoms. The summed E-state index contributed by atoms with van der Waals surface area (Å²) < 4.78 is 11.2. The molecule has 1 fully saturated rings. The molecular weight excluding hydrogens is 414 g/mol. The zero-order chi connectivity index (χ0) is 22.6. The Balaban J connectivity index is 1.62. The molecule has 0 aliphatic carbocycles. The van der Waals surface area contributed by atoms with Gasteiger partial charge in [-0.15, -0.1) is 0 Å². The maximum Gasteiger partial charge on any atom is 0.349 e. The van der Waals surface area contributed by atoms with E-state index in [1.807, 2.05) is 26.0 Å². The summed E-state index contributed by atoms with van der Waals surface area (Å²) >= 11 is 5.94. The number of benzene rings is 1. The Kier molecular flexibility index (Phi) is 7.44. The van der Waals surface area contributed by atoms with Crippen LogP contribution in [0.25, 0.3) is 0 Å². The number of halogens is 1. The highest BCUT2D eigenvalue weighted by Gasteiger charge is 2.32. The first kappa shape index (κ1) is 23.4. The summed E-state index contributed by atoms with van der Waals surface area (Å²) in [6, 6.07) is 8.16. The minimum Gasteiger partial charge on any atom is -0.476 e. The van der Waals surface area contributed by atoms with Gasteiger partial charge in [-0.3, -0.25) is 4.90 Å². The van der Waals surface area contributed by atoms with Crippen molar-refractivity contribution in [1.82, 2.24) is 9.88 Å². The molecule has 6 nitrogen and oxygen atoms in total. The number of pyridine rings is 1. The number of hydrogen-bond acceptors (Lipinski definition) is 6. The predicted octanol–water partition coefficient (Wildman–Crippen LogP) is 4.39. The maximum absolute atomic E-state index is 12.2. The van der Waals surface area contributed by atoms with E-state index in [0.717, 1.165) is 55.4 Å². The van der Waals surface area contributed by atoms with Crippen LogP contribution >= 0.6 is 11.6 Å². The van der Waals surface area contributed by atoms with E-state index < -0.39 is 5.60 Å². The average Bonchev–Trinajstić information content (AvgIpc) is 2.72. The van der Waals surface area contributed by atoms with Crippen molar-refractivity contribution in [3.8, 4) is 5.75 Å². The summed E-state index contributed by atoms with van der Waals surface area (Å²) in [5, 5.41) is 0.659. The second-order valence-electron chi connectivity index (χ2n) is 8.49. The Bertz CT molecular complexity index is 884. The van der Waals surface area contributed by atoms with E-state index >= 15 is 0 Å². The number of carbonyl (C=O) groups is 1. The molecule has 3 rings (SSSR count). The van der Waals surface area contributed by atoms with Crippen LogP contribution in [-0.2, 0) is 16.1 Å². The summed E-state index contributed by atoms with van der Waals surface area (Å²) in [5.74, 6) is 1.37. The number of nitrogens with zero attached hydrogens (tertiary/aromatic N) is 3. The number of esters is 1. The minimum atomic E-state index is -1.03. The number of rotatable bonds is 7. The third-order valence-corrected chi connectivity index (χ3v) is 5.68. The van der Waals surface area contributed by atoms with E-state index in [1.165, 1.54) is 5.56 Å². The van der Waals surface area contributed by atoms with Crippen molar-refractivity contribution in [3.63, 3.8) is 0 Å². The van der Waals surface area contributed by atoms with Crippen molar-refractivity contribution in [2.24, 2.45) is 0 Å². The first-order chi connectivity index (χ1) is 14.7. The van der Waals surface area contributed by atoms with Crippen LogP contribution in [0.5, 0.6) is 5.75 Å². The lowest BCUT2D eigenvalue weighted by atomic mass is 10.0. The predicted molar refractivity (Wildman–Crippen MR) is 124 cm³/mol. The van der Waals surface area contributed by atoms with Crippen LogP contribution < -0.4 is 9.64 Å². The lowest BCUT2D eigenvalue weighted by molar-refractivity contribution is -0.158. The van der Waals surface area contributed by atoms with Gasteiger partial charge >= 0.3 is 5.97 Å². The molecule has 1 aliphatic rings. The van der Waals surface area contributed by atoms with Gasteiger partial charge in [-0.25, -0.2) is 9.78 Å². The molecule has 0 radical (unpaired) electrons. The van der Waals surface area contributed by atoms with Crippen molar-refractivity contribution >= 4 is 23.4 Å². The second kappa shape index (κ2) is 9.88. The SMILES string of the molecule is CCOC(=O)C(C)(C)Oc1c(C)cc(CN2CCN(c3ccc(Cl)cn3)CC2)cc1C. The molecule has 2 heterocycles. The van der Waals surface area contributed by atoms with Crippen molar-refractivity contribution in [2.75, 3.05) is 37.7 Å². The normalized spacial score (nSPS) is 15.1. The summed E-state index contributed by atoms with van der Waals surface area (Å²) in [4.78, 5) is 21.4. The zero-order valence-corrected chi connectivity index (χ0v) is 19.8. The quantitative estimate of drug-likeness (QED) is 0.589. The number of ether oxygens (including phenoxy) is 2. The van der Waals surface area contributed by atoms with Crippen LogP contribution in [0, 0.1) is 13.8 Å². The zero-order valence-electron chi connectivity index (χ0n) is 19.1. The molecule has 0 unspecified atom stereocenters. The Labute approximate surface area is 190 Å². The van der Waals surface area contributed by atoms with Gasteiger partial charge in [0.05, 0.1) is 11.6 Å². The van der Waals surface area contributed by atoms with Crippen LogP contribution in [0.15, 0.2) is 30.5 Å². The molecule has 0 spiro atoms. The van der Waals surface area contributed by atoms with Gasteiger partial charge in [0.25, 0.3) is 0 Å². The monoisotopic (exact) mass is 445 g/mol. The number of aromatic nitrogens is 1.